The molecule has 0 aliphatic carbocycles. The van der Waals surface area contributed by atoms with Crippen molar-refractivity contribution in [2.24, 2.45) is 5.92 Å². The van der Waals surface area contributed by atoms with Gasteiger partial charge in [-0.3, -0.25) is 0 Å². The minimum absolute atomic E-state index is 0.293. The molecule has 1 unspecified atom stereocenters. The molecule has 0 heterocycles. The van der Waals surface area contributed by atoms with Gasteiger partial charge in [0.1, 0.15) is 0 Å². The Labute approximate surface area is 85.8 Å². The zero-order valence-electron chi connectivity index (χ0n) is 9.29. The molecule has 3 heteroatoms. The van der Waals surface area contributed by atoms with E-state index >= 15 is 0 Å². The third kappa shape index (κ3) is 4.76. The number of rotatable bonds is 4. The molecule has 0 radical (unpaired) electrons. The molecule has 0 rings (SSSR count). The molecule has 80 valence electrons. The Kier molecular flexibility index (Phi) is 5.07. The molecule has 1 atom stereocenters. The van der Waals surface area contributed by atoms with Crippen molar-refractivity contribution in [2.75, 3.05) is 6.61 Å². The molecule has 0 N–H and O–H groups in total. The Bertz CT molecular complexity index is 227. The lowest BCUT2D eigenvalue weighted by molar-refractivity contribution is -0.00383. The lowest BCUT2D eigenvalue weighted by atomic mass is 9.95. The van der Waals surface area contributed by atoms with Crippen LogP contribution in [0.5, 0.6) is 0 Å². The first-order valence-electron chi connectivity index (χ1n) is 4.77. The van der Waals surface area contributed by atoms with Crippen LogP contribution in [0.4, 0.5) is 4.79 Å². The van der Waals surface area contributed by atoms with Gasteiger partial charge in [-0.25, -0.2) is 4.79 Å². The molecule has 0 aromatic heterocycles. The predicted molar refractivity (Wildman–Crippen MR) is 54.8 cm³/mol. The van der Waals surface area contributed by atoms with Crippen LogP contribution in [0.25, 0.3) is 0 Å². The Balaban J connectivity index is 4.26. The lowest BCUT2D eigenvalue weighted by Gasteiger charge is -2.24. The number of ether oxygens (including phenoxy) is 2. The van der Waals surface area contributed by atoms with E-state index < -0.39 is 11.8 Å². The number of terminal acetylenes is 1. The monoisotopic (exact) mass is 198 g/mol. The number of carbonyl (C=O) groups is 1. The quantitative estimate of drug-likeness (QED) is 0.514. The molecular formula is C11H18O3. The predicted octanol–water partition coefficient (Wildman–Crippen LogP) is 2.60. The standard InChI is InChI=1S/C11H18O3/c1-6-11(5,8-9(3)4)14-10(12)13-7-2/h1,9H,7-8H2,2-5H3. The molecule has 14 heavy (non-hydrogen) atoms. The molecule has 0 aromatic carbocycles. The van der Waals surface area contributed by atoms with E-state index in [1.807, 2.05) is 13.8 Å². The van der Waals surface area contributed by atoms with Crippen LogP contribution in [0.15, 0.2) is 0 Å². The molecule has 0 saturated heterocycles. The van der Waals surface area contributed by atoms with Gasteiger partial charge in [-0.15, -0.1) is 6.42 Å². The van der Waals surface area contributed by atoms with Crippen molar-refractivity contribution in [2.45, 2.75) is 39.7 Å². The summed E-state index contributed by atoms with van der Waals surface area (Å²) in [6.07, 6.45) is 5.24. The first kappa shape index (κ1) is 12.8. The maximum absolute atomic E-state index is 11.1. The average Bonchev–Trinajstić information content (AvgIpc) is 2.02. The van der Waals surface area contributed by atoms with Gasteiger partial charge in [-0.1, -0.05) is 19.8 Å². The molecule has 0 spiro atoms. The third-order valence-electron chi connectivity index (χ3n) is 1.67. The summed E-state index contributed by atoms with van der Waals surface area (Å²) in [5, 5.41) is 0. The molecule has 0 saturated carbocycles. The van der Waals surface area contributed by atoms with Crippen molar-refractivity contribution in [3.63, 3.8) is 0 Å². The van der Waals surface area contributed by atoms with Crippen LogP contribution in [0.1, 0.15) is 34.1 Å². The molecule has 0 aromatic rings. The fourth-order valence-corrected chi connectivity index (χ4v) is 1.24. The topological polar surface area (TPSA) is 35.5 Å². The van der Waals surface area contributed by atoms with E-state index in [4.69, 9.17) is 11.2 Å². The van der Waals surface area contributed by atoms with Crippen LogP contribution >= 0.6 is 0 Å². The number of carbonyl (C=O) groups excluding carboxylic acids is 1. The van der Waals surface area contributed by atoms with Crippen molar-refractivity contribution in [3.05, 3.63) is 0 Å². The zero-order chi connectivity index (χ0) is 11.2. The second-order valence-corrected chi connectivity index (χ2v) is 3.76. The van der Waals surface area contributed by atoms with Crippen LogP contribution < -0.4 is 0 Å². The summed E-state index contributed by atoms with van der Waals surface area (Å²) < 4.78 is 9.71. The average molecular weight is 198 g/mol. The van der Waals surface area contributed by atoms with Crippen molar-refractivity contribution >= 4 is 6.16 Å². The van der Waals surface area contributed by atoms with Gasteiger partial charge in [0.05, 0.1) is 6.61 Å². The molecular weight excluding hydrogens is 180 g/mol. The normalized spacial score (nSPS) is 14.3. The van der Waals surface area contributed by atoms with E-state index in [1.54, 1.807) is 13.8 Å². The number of hydrogen-bond acceptors (Lipinski definition) is 3. The van der Waals surface area contributed by atoms with Gasteiger partial charge in [-0.2, -0.15) is 0 Å². The minimum Gasteiger partial charge on any atom is -0.435 e. The van der Waals surface area contributed by atoms with Gasteiger partial charge in [-0.05, 0) is 19.8 Å². The van der Waals surface area contributed by atoms with Gasteiger partial charge in [0.2, 0.25) is 0 Å². The molecule has 0 aliphatic heterocycles. The van der Waals surface area contributed by atoms with Crippen LogP contribution in [0.2, 0.25) is 0 Å². The molecule has 0 bridgehead atoms. The summed E-state index contributed by atoms with van der Waals surface area (Å²) >= 11 is 0. The maximum atomic E-state index is 11.1. The van der Waals surface area contributed by atoms with E-state index in [0.717, 1.165) is 0 Å². The van der Waals surface area contributed by atoms with E-state index in [2.05, 4.69) is 10.7 Å². The highest BCUT2D eigenvalue weighted by Crippen LogP contribution is 2.20. The van der Waals surface area contributed by atoms with Crippen molar-refractivity contribution < 1.29 is 14.3 Å². The molecule has 0 aliphatic rings. The van der Waals surface area contributed by atoms with E-state index in [9.17, 15) is 4.79 Å². The Morgan fingerprint density at radius 2 is 2.14 bits per heavy atom. The van der Waals surface area contributed by atoms with Crippen LogP contribution in [-0.2, 0) is 9.47 Å². The van der Waals surface area contributed by atoms with Crippen LogP contribution in [0.3, 0.4) is 0 Å². The number of hydrogen-bond donors (Lipinski definition) is 0. The Morgan fingerprint density at radius 3 is 2.50 bits per heavy atom. The van der Waals surface area contributed by atoms with E-state index in [0.29, 0.717) is 18.9 Å². The highest BCUT2D eigenvalue weighted by atomic mass is 16.7. The summed E-state index contributed by atoms with van der Waals surface area (Å²) in [7, 11) is 0. The highest BCUT2D eigenvalue weighted by molar-refractivity contribution is 5.61. The van der Waals surface area contributed by atoms with Crippen molar-refractivity contribution in [1.82, 2.24) is 0 Å². The lowest BCUT2D eigenvalue weighted by Crippen LogP contribution is -2.32. The van der Waals surface area contributed by atoms with Gasteiger partial charge in [0, 0.05) is 6.42 Å². The second kappa shape index (κ2) is 5.54. The third-order valence-corrected chi connectivity index (χ3v) is 1.67. The molecule has 3 nitrogen and oxygen atoms in total. The first-order chi connectivity index (χ1) is 6.43. The van der Waals surface area contributed by atoms with Crippen molar-refractivity contribution in [1.29, 1.82) is 0 Å². The summed E-state index contributed by atoms with van der Waals surface area (Å²) in [4.78, 5) is 11.1. The van der Waals surface area contributed by atoms with Crippen LogP contribution in [-0.4, -0.2) is 18.4 Å². The summed E-state index contributed by atoms with van der Waals surface area (Å²) in [6, 6.07) is 0. The van der Waals surface area contributed by atoms with E-state index in [-0.39, 0.29) is 0 Å². The Hall–Kier alpha value is -1.17. The van der Waals surface area contributed by atoms with Gasteiger partial charge in [0.15, 0.2) is 5.60 Å². The van der Waals surface area contributed by atoms with E-state index in [1.165, 1.54) is 0 Å². The van der Waals surface area contributed by atoms with Gasteiger partial charge >= 0.3 is 6.16 Å². The minimum atomic E-state index is -0.861. The SMILES string of the molecule is C#CC(C)(CC(C)C)OC(=O)OCC. The smallest absolute Gasteiger partial charge is 0.435 e. The fraction of sp³-hybridized carbons (Fsp3) is 0.727. The zero-order valence-corrected chi connectivity index (χ0v) is 9.29. The van der Waals surface area contributed by atoms with Gasteiger partial charge < -0.3 is 9.47 Å². The second-order valence-electron chi connectivity index (χ2n) is 3.76. The summed E-state index contributed by atoms with van der Waals surface area (Å²) in [5.41, 5.74) is -0.861. The maximum Gasteiger partial charge on any atom is 0.509 e. The highest BCUT2D eigenvalue weighted by Gasteiger charge is 2.27. The van der Waals surface area contributed by atoms with Crippen LogP contribution in [0, 0.1) is 18.3 Å². The Morgan fingerprint density at radius 1 is 1.57 bits per heavy atom. The molecule has 0 fully saturated rings. The van der Waals surface area contributed by atoms with Crippen molar-refractivity contribution in [3.8, 4) is 12.3 Å². The summed E-state index contributed by atoms with van der Waals surface area (Å²) in [6.45, 7) is 7.76. The van der Waals surface area contributed by atoms with Gasteiger partial charge in [0.25, 0.3) is 0 Å². The summed E-state index contributed by atoms with van der Waals surface area (Å²) in [5.74, 6) is 2.84. The largest absolute Gasteiger partial charge is 0.509 e. The molecule has 0 amide bonds. The first-order valence-corrected chi connectivity index (χ1v) is 4.77. The fourth-order valence-electron chi connectivity index (χ4n) is 1.24.